The first-order valence-corrected chi connectivity index (χ1v) is 7.07. The summed E-state index contributed by atoms with van der Waals surface area (Å²) in [7, 11) is -3.13. The zero-order valence-corrected chi connectivity index (χ0v) is 10.4. The van der Waals surface area contributed by atoms with Gasteiger partial charge in [0.25, 0.3) is 0 Å². The number of ketones is 1. The van der Waals surface area contributed by atoms with Crippen molar-refractivity contribution in [1.82, 2.24) is 0 Å². The van der Waals surface area contributed by atoms with Crippen molar-refractivity contribution in [2.24, 2.45) is 0 Å². The molecule has 0 radical (unpaired) electrons. The van der Waals surface area contributed by atoms with Gasteiger partial charge >= 0.3 is 0 Å². The average Bonchev–Trinajstić information content (AvgIpc) is 2.16. The molecule has 0 saturated carbocycles. The summed E-state index contributed by atoms with van der Waals surface area (Å²) >= 11 is 0. The van der Waals surface area contributed by atoms with E-state index in [1.165, 1.54) is 6.26 Å². The number of aryl methyl sites for hydroxylation is 1. The molecule has 0 bridgehead atoms. The van der Waals surface area contributed by atoms with Crippen LogP contribution in [0.5, 0.6) is 0 Å². The van der Waals surface area contributed by atoms with E-state index in [0.29, 0.717) is 11.3 Å². The van der Waals surface area contributed by atoms with Crippen LogP contribution in [0.1, 0.15) is 25.3 Å². The molecule has 0 aliphatic rings. The minimum absolute atomic E-state index is 0.166. The lowest BCUT2D eigenvalue weighted by Crippen LogP contribution is -1.98. The molecule has 0 aromatic heterocycles. The SMILES string of the molecule is CC(=O)CCCc1cccc(S(C)(=O)=O)c1. The molecule has 3 nitrogen and oxygen atoms in total. The van der Waals surface area contributed by atoms with Crippen molar-refractivity contribution in [2.45, 2.75) is 31.1 Å². The van der Waals surface area contributed by atoms with Crippen molar-refractivity contribution in [1.29, 1.82) is 0 Å². The molecule has 0 aliphatic heterocycles. The van der Waals surface area contributed by atoms with Crippen LogP contribution in [0.3, 0.4) is 0 Å². The van der Waals surface area contributed by atoms with Gasteiger partial charge in [0.15, 0.2) is 9.84 Å². The highest BCUT2D eigenvalue weighted by atomic mass is 32.2. The summed E-state index contributed by atoms with van der Waals surface area (Å²) in [5.41, 5.74) is 0.962. The topological polar surface area (TPSA) is 51.2 Å². The second kappa shape index (κ2) is 5.25. The minimum Gasteiger partial charge on any atom is -0.300 e. The fraction of sp³-hybridized carbons (Fsp3) is 0.417. The predicted octanol–water partition coefficient (Wildman–Crippen LogP) is 2.00. The van der Waals surface area contributed by atoms with Crippen molar-refractivity contribution in [3.63, 3.8) is 0 Å². The van der Waals surface area contributed by atoms with Gasteiger partial charge in [-0.25, -0.2) is 8.42 Å². The van der Waals surface area contributed by atoms with Gasteiger partial charge in [0.1, 0.15) is 5.78 Å². The van der Waals surface area contributed by atoms with Gasteiger partial charge in [0.2, 0.25) is 0 Å². The van der Waals surface area contributed by atoms with Crippen LogP contribution in [-0.4, -0.2) is 20.5 Å². The Morgan fingerprint density at radius 3 is 2.56 bits per heavy atom. The van der Waals surface area contributed by atoms with Gasteiger partial charge in [-0.15, -0.1) is 0 Å². The standard InChI is InChI=1S/C12H16O3S/c1-10(13)5-3-6-11-7-4-8-12(9-11)16(2,14)15/h4,7-9H,3,5-6H2,1-2H3. The zero-order chi connectivity index (χ0) is 12.2. The molecular weight excluding hydrogens is 224 g/mol. The predicted molar refractivity (Wildman–Crippen MR) is 63.2 cm³/mol. The van der Waals surface area contributed by atoms with Gasteiger partial charge in [0, 0.05) is 12.7 Å². The van der Waals surface area contributed by atoms with Crippen LogP contribution in [0.15, 0.2) is 29.2 Å². The third-order valence-electron chi connectivity index (χ3n) is 2.32. The van der Waals surface area contributed by atoms with E-state index in [-0.39, 0.29) is 5.78 Å². The third kappa shape index (κ3) is 4.14. The van der Waals surface area contributed by atoms with Crippen molar-refractivity contribution in [2.75, 3.05) is 6.26 Å². The summed E-state index contributed by atoms with van der Waals surface area (Å²) in [4.78, 5) is 11.1. The van der Waals surface area contributed by atoms with E-state index in [4.69, 9.17) is 0 Å². The number of carbonyl (C=O) groups excluding carboxylic acids is 1. The molecular formula is C12H16O3S. The number of hydrogen-bond acceptors (Lipinski definition) is 3. The first-order valence-electron chi connectivity index (χ1n) is 5.18. The number of Topliss-reactive ketones (excluding diaryl/α,β-unsaturated/α-hetero) is 1. The normalized spacial score (nSPS) is 11.4. The number of benzene rings is 1. The van der Waals surface area contributed by atoms with Crippen molar-refractivity contribution >= 4 is 15.6 Å². The highest BCUT2D eigenvalue weighted by Gasteiger charge is 2.07. The number of carbonyl (C=O) groups is 1. The van der Waals surface area contributed by atoms with Gasteiger partial charge < -0.3 is 4.79 Å². The van der Waals surface area contributed by atoms with Crippen LogP contribution in [0.25, 0.3) is 0 Å². The molecule has 1 rings (SSSR count). The molecule has 0 amide bonds. The summed E-state index contributed by atoms with van der Waals surface area (Å²) < 4.78 is 22.6. The van der Waals surface area contributed by atoms with Crippen LogP contribution in [0, 0.1) is 0 Å². The quantitative estimate of drug-likeness (QED) is 0.791. The van der Waals surface area contributed by atoms with Crippen LogP contribution < -0.4 is 0 Å². The Bertz CT molecular complexity index is 475. The van der Waals surface area contributed by atoms with Gasteiger partial charge in [-0.1, -0.05) is 12.1 Å². The van der Waals surface area contributed by atoms with Crippen LogP contribution in [0.4, 0.5) is 0 Å². The summed E-state index contributed by atoms with van der Waals surface area (Å²) in [6.45, 7) is 1.56. The number of hydrogen-bond donors (Lipinski definition) is 0. The van der Waals surface area contributed by atoms with Crippen LogP contribution in [0.2, 0.25) is 0 Å². The highest BCUT2D eigenvalue weighted by Crippen LogP contribution is 2.13. The molecule has 0 aliphatic carbocycles. The molecule has 0 saturated heterocycles. The Balaban J connectivity index is 2.72. The van der Waals surface area contributed by atoms with Crippen molar-refractivity contribution in [3.05, 3.63) is 29.8 Å². The Morgan fingerprint density at radius 1 is 1.31 bits per heavy atom. The van der Waals surface area contributed by atoms with E-state index in [2.05, 4.69) is 0 Å². The number of rotatable bonds is 5. The third-order valence-corrected chi connectivity index (χ3v) is 3.43. The fourth-order valence-corrected chi connectivity index (χ4v) is 2.16. The lowest BCUT2D eigenvalue weighted by atomic mass is 10.1. The molecule has 0 fully saturated rings. The molecule has 0 unspecified atom stereocenters. The second-order valence-electron chi connectivity index (χ2n) is 3.98. The molecule has 0 heterocycles. The fourth-order valence-electron chi connectivity index (χ4n) is 1.47. The van der Waals surface area contributed by atoms with E-state index in [0.717, 1.165) is 18.4 Å². The summed E-state index contributed by atoms with van der Waals surface area (Å²) in [5.74, 6) is 0.166. The molecule has 16 heavy (non-hydrogen) atoms. The molecule has 0 spiro atoms. The summed E-state index contributed by atoms with van der Waals surface area (Å²) in [6.07, 6.45) is 3.25. The maximum absolute atomic E-state index is 11.3. The Labute approximate surface area is 96.4 Å². The van der Waals surface area contributed by atoms with Gasteiger partial charge in [0.05, 0.1) is 4.90 Å². The first kappa shape index (κ1) is 12.9. The van der Waals surface area contributed by atoms with E-state index in [9.17, 15) is 13.2 Å². The largest absolute Gasteiger partial charge is 0.300 e. The molecule has 4 heteroatoms. The maximum atomic E-state index is 11.3. The second-order valence-corrected chi connectivity index (χ2v) is 5.99. The molecule has 0 atom stereocenters. The molecule has 1 aromatic rings. The molecule has 1 aromatic carbocycles. The lowest BCUT2D eigenvalue weighted by Gasteiger charge is -2.03. The van der Waals surface area contributed by atoms with Crippen LogP contribution in [-0.2, 0) is 21.1 Å². The summed E-state index contributed by atoms with van der Waals surface area (Å²) in [6, 6.07) is 6.88. The van der Waals surface area contributed by atoms with Gasteiger partial charge in [-0.2, -0.15) is 0 Å². The van der Waals surface area contributed by atoms with E-state index in [1.54, 1.807) is 25.1 Å². The highest BCUT2D eigenvalue weighted by molar-refractivity contribution is 7.90. The first-order chi connectivity index (χ1) is 7.39. The Kier molecular flexibility index (Phi) is 4.24. The van der Waals surface area contributed by atoms with Gasteiger partial charge in [-0.05, 0) is 37.5 Å². The Morgan fingerprint density at radius 2 is 2.00 bits per heavy atom. The van der Waals surface area contributed by atoms with Gasteiger partial charge in [-0.3, -0.25) is 0 Å². The van der Waals surface area contributed by atoms with E-state index in [1.807, 2.05) is 6.07 Å². The van der Waals surface area contributed by atoms with Crippen LogP contribution >= 0.6 is 0 Å². The molecule has 88 valence electrons. The average molecular weight is 240 g/mol. The zero-order valence-electron chi connectivity index (χ0n) is 9.56. The van der Waals surface area contributed by atoms with Crippen molar-refractivity contribution in [3.8, 4) is 0 Å². The smallest absolute Gasteiger partial charge is 0.175 e. The van der Waals surface area contributed by atoms with Crippen molar-refractivity contribution < 1.29 is 13.2 Å². The maximum Gasteiger partial charge on any atom is 0.175 e. The Hall–Kier alpha value is -1.16. The monoisotopic (exact) mass is 240 g/mol. The van der Waals surface area contributed by atoms with E-state index >= 15 is 0 Å². The lowest BCUT2D eigenvalue weighted by molar-refractivity contribution is -0.117. The molecule has 0 N–H and O–H groups in total. The van der Waals surface area contributed by atoms with E-state index < -0.39 is 9.84 Å². The number of sulfone groups is 1. The summed E-state index contributed by atoms with van der Waals surface area (Å²) in [5, 5.41) is 0. The minimum atomic E-state index is -3.13.